The van der Waals surface area contributed by atoms with Gasteiger partial charge in [-0.15, -0.1) is 10.2 Å². The molecule has 0 bridgehead atoms. The average Bonchev–Trinajstić information content (AvgIpc) is 3.19. The van der Waals surface area contributed by atoms with Crippen molar-refractivity contribution in [2.24, 2.45) is 10.2 Å². The molecule has 0 radical (unpaired) electrons. The Bertz CT molecular complexity index is 1400. The Kier molecular flexibility index (Phi) is 6.35. The van der Waals surface area contributed by atoms with E-state index in [1.165, 1.54) is 0 Å². The second-order valence-electron chi connectivity index (χ2n) is 6.99. The van der Waals surface area contributed by atoms with Gasteiger partial charge in [-0.2, -0.15) is 9.64 Å². The van der Waals surface area contributed by atoms with Crippen LogP contribution in [0, 0.1) is 31.8 Å². The first-order chi connectivity index (χ1) is 16.1. The van der Waals surface area contributed by atoms with Crippen molar-refractivity contribution in [2.45, 2.75) is 13.8 Å². The van der Waals surface area contributed by atoms with E-state index >= 15 is 0 Å². The number of aryl methyl sites for hydroxylation is 1. The number of para-hydroxylation sites is 2. The minimum atomic E-state index is 0.340. The lowest BCUT2D eigenvalue weighted by molar-refractivity contribution is 1.18. The number of hydrogen-bond acceptors (Lipinski definition) is 8. The summed E-state index contributed by atoms with van der Waals surface area (Å²) in [5.41, 5.74) is 3.99. The van der Waals surface area contributed by atoms with Crippen LogP contribution in [-0.2, 0) is 0 Å². The number of nitriles is 1. The van der Waals surface area contributed by atoms with Crippen molar-refractivity contribution in [1.29, 1.82) is 5.26 Å². The second kappa shape index (κ2) is 9.69. The number of aromatic nitrogens is 2. The molecule has 2 aromatic carbocycles. The Hall–Kier alpha value is -4.60. The first kappa shape index (κ1) is 21.6. The van der Waals surface area contributed by atoms with E-state index in [1.54, 1.807) is 13.8 Å². The van der Waals surface area contributed by atoms with Gasteiger partial charge in [-0.25, -0.2) is 9.83 Å². The van der Waals surface area contributed by atoms with Gasteiger partial charge in [0.05, 0.1) is 12.3 Å². The van der Waals surface area contributed by atoms with Gasteiger partial charge in [-0.1, -0.05) is 36.4 Å². The van der Waals surface area contributed by atoms with Crippen LogP contribution in [0.3, 0.4) is 0 Å². The van der Waals surface area contributed by atoms with Gasteiger partial charge in [-0.3, -0.25) is 0 Å². The molecule has 4 aromatic rings. The number of rotatable bonds is 6. The standard InChI is InChI=1S/C24H18N8S/c1-15-20(26-3)22(27-17-10-6-4-7-11-17)29-23(28-18-12-8-5-9-13-18)21(15)30-31-24-19(14-25)16(2)32-33-24/h4-13H,1-2H3,(H2,27,28,29). The van der Waals surface area contributed by atoms with E-state index in [9.17, 15) is 5.26 Å². The summed E-state index contributed by atoms with van der Waals surface area (Å²) < 4.78 is 4.18. The summed E-state index contributed by atoms with van der Waals surface area (Å²) in [6.07, 6.45) is 0. The van der Waals surface area contributed by atoms with E-state index in [0.29, 0.717) is 44.8 Å². The molecule has 160 valence electrons. The first-order valence-corrected chi connectivity index (χ1v) is 10.7. The molecule has 33 heavy (non-hydrogen) atoms. The number of nitrogens with zero attached hydrogens (tertiary/aromatic N) is 6. The van der Waals surface area contributed by atoms with Crippen molar-refractivity contribution in [3.8, 4) is 6.07 Å². The number of hydrogen-bond donors (Lipinski definition) is 2. The summed E-state index contributed by atoms with van der Waals surface area (Å²) in [6, 6.07) is 21.2. The Morgan fingerprint density at radius 3 is 2.12 bits per heavy atom. The number of pyridine rings is 1. The molecule has 2 N–H and O–H groups in total. The summed E-state index contributed by atoms with van der Waals surface area (Å²) in [5, 5.41) is 25.0. The third-order valence-corrected chi connectivity index (χ3v) is 5.59. The lowest BCUT2D eigenvalue weighted by Gasteiger charge is -2.16. The first-order valence-electron chi connectivity index (χ1n) is 9.95. The lowest BCUT2D eigenvalue weighted by Crippen LogP contribution is -2.01. The Morgan fingerprint density at radius 1 is 0.939 bits per heavy atom. The maximum atomic E-state index is 9.39. The van der Waals surface area contributed by atoms with Crippen LogP contribution in [-0.4, -0.2) is 9.36 Å². The summed E-state index contributed by atoms with van der Waals surface area (Å²) in [6.45, 7) is 11.3. The van der Waals surface area contributed by atoms with Crippen molar-refractivity contribution < 1.29 is 0 Å². The van der Waals surface area contributed by atoms with Crippen molar-refractivity contribution in [2.75, 3.05) is 10.6 Å². The molecule has 0 spiro atoms. The molecule has 0 saturated carbocycles. The molecule has 0 unspecified atom stereocenters. The molecule has 0 saturated heterocycles. The zero-order chi connectivity index (χ0) is 23.2. The van der Waals surface area contributed by atoms with E-state index in [0.717, 1.165) is 22.9 Å². The van der Waals surface area contributed by atoms with Gasteiger partial charge in [0.15, 0.2) is 10.8 Å². The zero-order valence-corrected chi connectivity index (χ0v) is 18.7. The highest BCUT2D eigenvalue weighted by Gasteiger charge is 2.19. The largest absolute Gasteiger partial charge is 0.349 e. The number of anilines is 4. The molecule has 0 aliphatic carbocycles. The van der Waals surface area contributed by atoms with E-state index in [1.807, 2.05) is 60.7 Å². The van der Waals surface area contributed by atoms with Crippen molar-refractivity contribution in [3.63, 3.8) is 0 Å². The quantitative estimate of drug-likeness (QED) is 0.234. The van der Waals surface area contributed by atoms with E-state index in [2.05, 4.69) is 41.1 Å². The van der Waals surface area contributed by atoms with Gasteiger partial charge in [0.25, 0.3) is 0 Å². The van der Waals surface area contributed by atoms with E-state index < -0.39 is 0 Å². The average molecular weight is 451 g/mol. The molecular weight excluding hydrogens is 432 g/mol. The third kappa shape index (κ3) is 4.69. The van der Waals surface area contributed by atoms with Crippen molar-refractivity contribution in [3.05, 3.63) is 88.9 Å². The summed E-state index contributed by atoms with van der Waals surface area (Å²) >= 11 is 1.10. The Balaban J connectivity index is 1.83. The highest BCUT2D eigenvalue weighted by molar-refractivity contribution is 7.10. The lowest BCUT2D eigenvalue weighted by atomic mass is 10.1. The van der Waals surface area contributed by atoms with Crippen LogP contribution >= 0.6 is 11.5 Å². The maximum absolute atomic E-state index is 9.39. The van der Waals surface area contributed by atoms with Crippen LogP contribution in [0.1, 0.15) is 16.8 Å². The van der Waals surface area contributed by atoms with Crippen LogP contribution < -0.4 is 10.6 Å². The topological polar surface area (TPSA) is 103 Å². The predicted molar refractivity (Wildman–Crippen MR) is 130 cm³/mol. The zero-order valence-electron chi connectivity index (χ0n) is 17.9. The smallest absolute Gasteiger partial charge is 0.233 e. The Labute approximate surface area is 195 Å². The molecule has 4 rings (SSSR count). The normalized spacial score (nSPS) is 10.5. The van der Waals surface area contributed by atoms with Gasteiger partial charge in [0.2, 0.25) is 5.69 Å². The molecule has 0 fully saturated rings. The van der Waals surface area contributed by atoms with E-state index in [4.69, 9.17) is 6.57 Å². The minimum Gasteiger partial charge on any atom is -0.349 e. The van der Waals surface area contributed by atoms with Crippen LogP contribution in [0.2, 0.25) is 0 Å². The SMILES string of the molecule is [C-]#[N+]c1c(Nc2ccccc2)nc(Nc2ccccc2)c(N=Nc2snc(C)c2C#N)c1C. The summed E-state index contributed by atoms with van der Waals surface area (Å²) in [7, 11) is 0. The molecule has 0 atom stereocenters. The van der Waals surface area contributed by atoms with Gasteiger partial charge in [-0.05, 0) is 55.2 Å². The fourth-order valence-corrected chi connectivity index (χ4v) is 3.76. The molecule has 9 heteroatoms. The Morgan fingerprint density at radius 2 is 1.55 bits per heavy atom. The molecule has 0 aliphatic rings. The number of benzene rings is 2. The highest BCUT2D eigenvalue weighted by Crippen LogP contribution is 2.42. The monoisotopic (exact) mass is 450 g/mol. The maximum Gasteiger partial charge on any atom is 0.233 e. The van der Waals surface area contributed by atoms with Crippen LogP contribution in [0.25, 0.3) is 4.85 Å². The van der Waals surface area contributed by atoms with Crippen molar-refractivity contribution in [1.82, 2.24) is 9.36 Å². The van der Waals surface area contributed by atoms with Gasteiger partial charge in [0.1, 0.15) is 23.1 Å². The predicted octanol–water partition coefficient (Wildman–Crippen LogP) is 7.48. The summed E-state index contributed by atoms with van der Waals surface area (Å²) in [4.78, 5) is 8.39. The fraction of sp³-hybridized carbons (Fsp3) is 0.0833. The molecule has 0 amide bonds. The fourth-order valence-electron chi connectivity index (χ4n) is 3.09. The molecule has 2 aromatic heterocycles. The summed E-state index contributed by atoms with van der Waals surface area (Å²) in [5.74, 6) is 0.852. The number of azo groups is 1. The van der Waals surface area contributed by atoms with Crippen LogP contribution in [0.4, 0.5) is 39.4 Å². The van der Waals surface area contributed by atoms with Crippen molar-refractivity contribution >= 4 is 50.9 Å². The highest BCUT2D eigenvalue weighted by atomic mass is 32.1. The molecule has 2 heterocycles. The number of nitrogens with one attached hydrogen (secondary N) is 2. The second-order valence-corrected chi connectivity index (χ2v) is 7.74. The van der Waals surface area contributed by atoms with Gasteiger partial charge >= 0.3 is 0 Å². The minimum absolute atomic E-state index is 0.340. The van der Waals surface area contributed by atoms with Gasteiger partial charge < -0.3 is 10.6 Å². The van der Waals surface area contributed by atoms with E-state index in [-0.39, 0.29) is 0 Å². The van der Waals surface area contributed by atoms with Crippen LogP contribution in [0.15, 0.2) is 70.9 Å². The molecule has 0 aliphatic heterocycles. The molecular formula is C24H18N8S. The van der Waals surface area contributed by atoms with Crippen LogP contribution in [0.5, 0.6) is 0 Å². The third-order valence-electron chi connectivity index (χ3n) is 4.76. The van der Waals surface area contributed by atoms with Gasteiger partial charge in [0, 0.05) is 11.4 Å². The molecule has 8 nitrogen and oxygen atoms in total.